The molecule has 1 fully saturated rings. The number of benzene rings is 2. The third-order valence-electron chi connectivity index (χ3n) is 5.49. The third kappa shape index (κ3) is 3.30. The van der Waals surface area contributed by atoms with Gasteiger partial charge in [0.1, 0.15) is 12.0 Å². The van der Waals surface area contributed by atoms with E-state index in [0.29, 0.717) is 22.7 Å². The van der Waals surface area contributed by atoms with Crippen LogP contribution in [0.5, 0.6) is 11.6 Å². The van der Waals surface area contributed by atoms with Gasteiger partial charge in [-0.15, -0.1) is 0 Å². The molecule has 1 aliphatic rings. The normalized spacial score (nSPS) is 17.6. The Hall–Kier alpha value is -2.70. The zero-order valence-corrected chi connectivity index (χ0v) is 16.4. The summed E-state index contributed by atoms with van der Waals surface area (Å²) in [6.45, 7) is 7.93. The van der Waals surface area contributed by atoms with Crippen LogP contribution in [0.3, 0.4) is 0 Å². The highest BCUT2D eigenvalue weighted by molar-refractivity contribution is 6.63. The highest BCUT2D eigenvalue weighted by Gasteiger charge is 2.52. The van der Waals surface area contributed by atoms with Crippen LogP contribution in [0.1, 0.15) is 38.1 Å². The number of carbonyl (C=O) groups is 1. The van der Waals surface area contributed by atoms with E-state index in [1.54, 1.807) is 12.1 Å². The molecular weight excluding hydrogens is 353 g/mol. The summed E-state index contributed by atoms with van der Waals surface area (Å²) in [5, 5.41) is 1.04. The van der Waals surface area contributed by atoms with E-state index < -0.39 is 18.3 Å². The Kier molecular flexibility index (Phi) is 4.48. The number of aromatic nitrogens is 1. The number of fused-ring (bicyclic) bond motifs is 1. The van der Waals surface area contributed by atoms with Gasteiger partial charge in [0, 0.05) is 17.0 Å². The van der Waals surface area contributed by atoms with Crippen LogP contribution in [-0.4, -0.2) is 29.6 Å². The Morgan fingerprint density at radius 2 is 1.68 bits per heavy atom. The zero-order chi connectivity index (χ0) is 19.9. The van der Waals surface area contributed by atoms with Crippen molar-refractivity contribution in [2.75, 3.05) is 0 Å². The lowest BCUT2D eigenvalue weighted by Crippen LogP contribution is -2.41. The van der Waals surface area contributed by atoms with Crippen LogP contribution < -0.4 is 10.2 Å². The maximum Gasteiger partial charge on any atom is 0.495 e. The zero-order valence-electron chi connectivity index (χ0n) is 16.4. The molecule has 1 aliphatic heterocycles. The van der Waals surface area contributed by atoms with Gasteiger partial charge in [-0.1, -0.05) is 24.3 Å². The van der Waals surface area contributed by atoms with E-state index >= 15 is 0 Å². The summed E-state index contributed by atoms with van der Waals surface area (Å²) >= 11 is 0. The maximum absolute atomic E-state index is 11.7. The topological polar surface area (TPSA) is 57.7 Å². The molecule has 0 atom stereocenters. The summed E-state index contributed by atoms with van der Waals surface area (Å²) in [6, 6.07) is 16.9. The molecule has 4 rings (SSSR count). The second-order valence-electron chi connectivity index (χ2n) is 7.94. The first-order valence-electron chi connectivity index (χ1n) is 9.27. The number of carbonyl (C=O) groups excluding carboxylic acids is 1. The quantitative estimate of drug-likeness (QED) is 0.507. The van der Waals surface area contributed by atoms with Crippen molar-refractivity contribution in [3.05, 3.63) is 60.2 Å². The minimum Gasteiger partial charge on any atom is -0.439 e. The minimum atomic E-state index is -0.599. The molecule has 2 aromatic carbocycles. The Labute approximate surface area is 164 Å². The predicted molar refractivity (Wildman–Crippen MR) is 109 cm³/mol. The first-order valence-corrected chi connectivity index (χ1v) is 9.27. The van der Waals surface area contributed by atoms with Gasteiger partial charge in [-0.3, -0.25) is 4.79 Å². The SMILES string of the molecule is CC1(C)OB(c2ccc(Oc3ccc4ccccc4n3)cc2C=O)OC1(C)C. The van der Waals surface area contributed by atoms with E-state index in [-0.39, 0.29) is 0 Å². The van der Waals surface area contributed by atoms with E-state index in [1.165, 1.54) is 0 Å². The largest absolute Gasteiger partial charge is 0.495 e. The van der Waals surface area contributed by atoms with Crippen molar-refractivity contribution in [2.24, 2.45) is 0 Å². The van der Waals surface area contributed by atoms with Crippen LogP contribution >= 0.6 is 0 Å². The van der Waals surface area contributed by atoms with Gasteiger partial charge >= 0.3 is 7.12 Å². The summed E-state index contributed by atoms with van der Waals surface area (Å²) < 4.78 is 18.0. The molecule has 0 bridgehead atoms. The predicted octanol–water partition coefficient (Wildman–Crippen LogP) is 4.14. The van der Waals surface area contributed by atoms with E-state index in [9.17, 15) is 4.79 Å². The van der Waals surface area contributed by atoms with Crippen LogP contribution in [0.4, 0.5) is 0 Å². The summed E-state index contributed by atoms with van der Waals surface area (Å²) in [7, 11) is -0.599. The van der Waals surface area contributed by atoms with Crippen molar-refractivity contribution in [1.29, 1.82) is 0 Å². The molecule has 0 radical (unpaired) electrons. The van der Waals surface area contributed by atoms with Crippen LogP contribution in [0.25, 0.3) is 10.9 Å². The molecule has 0 N–H and O–H groups in total. The van der Waals surface area contributed by atoms with Crippen molar-refractivity contribution in [1.82, 2.24) is 4.98 Å². The van der Waals surface area contributed by atoms with Gasteiger partial charge in [-0.05, 0) is 57.4 Å². The van der Waals surface area contributed by atoms with Crippen molar-refractivity contribution in [2.45, 2.75) is 38.9 Å². The molecule has 28 heavy (non-hydrogen) atoms. The highest BCUT2D eigenvalue weighted by Crippen LogP contribution is 2.37. The third-order valence-corrected chi connectivity index (χ3v) is 5.49. The van der Waals surface area contributed by atoms with Crippen molar-refractivity contribution in [3.63, 3.8) is 0 Å². The number of pyridine rings is 1. The van der Waals surface area contributed by atoms with E-state index in [2.05, 4.69) is 4.98 Å². The lowest BCUT2D eigenvalue weighted by molar-refractivity contribution is 0.00578. The van der Waals surface area contributed by atoms with Crippen molar-refractivity contribution in [3.8, 4) is 11.6 Å². The number of ether oxygens (including phenoxy) is 1. The second-order valence-corrected chi connectivity index (χ2v) is 7.94. The van der Waals surface area contributed by atoms with Gasteiger partial charge in [0.25, 0.3) is 0 Å². The highest BCUT2D eigenvalue weighted by atomic mass is 16.7. The number of para-hydroxylation sites is 1. The number of rotatable bonds is 4. The maximum atomic E-state index is 11.7. The lowest BCUT2D eigenvalue weighted by Gasteiger charge is -2.32. The first-order chi connectivity index (χ1) is 13.3. The first kappa shape index (κ1) is 18.7. The van der Waals surface area contributed by atoms with E-state index in [1.807, 2.05) is 70.2 Å². The van der Waals surface area contributed by atoms with Gasteiger partial charge < -0.3 is 14.0 Å². The summed E-state index contributed by atoms with van der Waals surface area (Å²) in [6.07, 6.45) is 0.793. The Morgan fingerprint density at radius 3 is 2.39 bits per heavy atom. The van der Waals surface area contributed by atoms with Gasteiger partial charge in [0.2, 0.25) is 5.88 Å². The van der Waals surface area contributed by atoms with Gasteiger partial charge in [0.15, 0.2) is 0 Å². The number of hydrogen-bond donors (Lipinski definition) is 0. The van der Waals surface area contributed by atoms with E-state index in [4.69, 9.17) is 14.0 Å². The molecule has 5 nitrogen and oxygen atoms in total. The average molecular weight is 375 g/mol. The fraction of sp³-hybridized carbons (Fsp3) is 0.273. The Morgan fingerprint density at radius 1 is 0.964 bits per heavy atom. The van der Waals surface area contributed by atoms with Crippen molar-refractivity contribution < 1.29 is 18.8 Å². The molecule has 2 heterocycles. The lowest BCUT2D eigenvalue weighted by atomic mass is 9.76. The number of hydrogen-bond acceptors (Lipinski definition) is 5. The van der Waals surface area contributed by atoms with Crippen LogP contribution in [0, 0.1) is 0 Å². The fourth-order valence-electron chi connectivity index (χ4n) is 3.13. The van der Waals surface area contributed by atoms with Gasteiger partial charge in [-0.2, -0.15) is 0 Å². The molecule has 142 valence electrons. The molecular formula is C22H22BNO4. The molecule has 1 saturated heterocycles. The molecule has 0 spiro atoms. The number of aldehydes is 1. The summed E-state index contributed by atoms with van der Waals surface area (Å²) in [5.74, 6) is 1.00. The molecule has 1 aromatic heterocycles. The Balaban J connectivity index is 1.61. The van der Waals surface area contributed by atoms with E-state index in [0.717, 1.165) is 17.2 Å². The minimum absolute atomic E-state index is 0.469. The standard InChI is InChI=1S/C22H22BNO4/c1-21(2)22(3,4)28-23(27-21)18-11-10-17(13-16(18)14-25)26-20-12-9-15-7-5-6-8-19(15)24-20/h5-14H,1-4H3. The summed E-state index contributed by atoms with van der Waals surface area (Å²) in [4.78, 5) is 16.2. The van der Waals surface area contributed by atoms with Gasteiger partial charge in [-0.25, -0.2) is 4.98 Å². The molecule has 0 aliphatic carbocycles. The fourth-order valence-corrected chi connectivity index (χ4v) is 3.13. The van der Waals surface area contributed by atoms with Crippen LogP contribution in [-0.2, 0) is 9.31 Å². The molecule has 6 heteroatoms. The Bertz CT molecular complexity index is 1030. The van der Waals surface area contributed by atoms with Crippen molar-refractivity contribution >= 4 is 29.8 Å². The second kappa shape index (κ2) is 6.72. The average Bonchev–Trinajstić information content (AvgIpc) is 2.88. The molecule has 0 amide bonds. The van der Waals surface area contributed by atoms with Crippen LogP contribution in [0.2, 0.25) is 0 Å². The molecule has 0 unspecified atom stereocenters. The molecule has 3 aromatic rings. The molecule has 0 saturated carbocycles. The van der Waals surface area contributed by atoms with Gasteiger partial charge in [0.05, 0.1) is 16.7 Å². The monoisotopic (exact) mass is 375 g/mol. The number of nitrogens with zero attached hydrogens (tertiary/aromatic N) is 1. The van der Waals surface area contributed by atoms with Crippen LogP contribution in [0.15, 0.2) is 54.6 Å². The smallest absolute Gasteiger partial charge is 0.439 e. The summed E-state index contributed by atoms with van der Waals surface area (Å²) in [5.41, 5.74) is 1.07.